The Balaban J connectivity index is 1.71. The van der Waals surface area contributed by atoms with Gasteiger partial charge in [-0.15, -0.1) is 11.3 Å². The highest BCUT2D eigenvalue weighted by Crippen LogP contribution is 2.32. The van der Waals surface area contributed by atoms with Crippen molar-refractivity contribution in [2.75, 3.05) is 5.73 Å². The van der Waals surface area contributed by atoms with E-state index in [1.165, 1.54) is 16.9 Å². The first kappa shape index (κ1) is 15.1. The molecule has 0 unspecified atom stereocenters. The minimum atomic E-state index is -0.230. The summed E-state index contributed by atoms with van der Waals surface area (Å²) in [6.45, 7) is 0. The number of amides is 1. The molecule has 1 atom stereocenters. The summed E-state index contributed by atoms with van der Waals surface area (Å²) in [6, 6.07) is 11.9. The van der Waals surface area contributed by atoms with Crippen LogP contribution in [0.25, 0.3) is 0 Å². The van der Waals surface area contributed by atoms with Crippen molar-refractivity contribution in [3.63, 3.8) is 0 Å². The molecule has 4 N–H and O–H groups in total. The number of nitrogen functional groups attached to an aromatic ring is 1. The Morgan fingerprint density at radius 3 is 2.64 bits per heavy atom. The molecular formula is C17H20N2O2S. The van der Waals surface area contributed by atoms with Crippen molar-refractivity contribution in [2.24, 2.45) is 5.92 Å². The van der Waals surface area contributed by atoms with Gasteiger partial charge in [-0.3, -0.25) is 4.79 Å². The molecule has 1 amide bonds. The molecule has 0 saturated heterocycles. The third-order valence-electron chi connectivity index (χ3n) is 4.24. The highest BCUT2D eigenvalue weighted by molar-refractivity contribution is 7.12. The number of carbonyl (C=O) groups excluding carboxylic acids is 1. The van der Waals surface area contributed by atoms with E-state index in [-0.39, 0.29) is 18.1 Å². The first-order valence-electron chi connectivity index (χ1n) is 7.49. The molecule has 0 spiro atoms. The van der Waals surface area contributed by atoms with Crippen LogP contribution in [0.3, 0.4) is 0 Å². The van der Waals surface area contributed by atoms with Crippen molar-refractivity contribution < 1.29 is 9.90 Å². The lowest BCUT2D eigenvalue weighted by Crippen LogP contribution is -2.48. The summed E-state index contributed by atoms with van der Waals surface area (Å²) in [5.41, 5.74) is 7.54. The summed E-state index contributed by atoms with van der Waals surface area (Å²) in [6.07, 6.45) is 2.04. The standard InChI is InChI=1S/C17H20N2O2S/c18-14-6-7-22-16(14)17(21)19-15(12-9-13(20)10-12)8-11-4-2-1-3-5-11/h1-7,12-13,15,20H,8-10,18H2,(H,19,21)/t12?,13?,15-/m1/s1. The Labute approximate surface area is 134 Å². The van der Waals surface area contributed by atoms with E-state index in [0.717, 1.165) is 19.3 Å². The van der Waals surface area contributed by atoms with Crippen LogP contribution in [0.5, 0.6) is 0 Å². The zero-order chi connectivity index (χ0) is 15.5. The van der Waals surface area contributed by atoms with Crippen molar-refractivity contribution >= 4 is 22.9 Å². The van der Waals surface area contributed by atoms with E-state index >= 15 is 0 Å². The van der Waals surface area contributed by atoms with Crippen molar-refractivity contribution in [1.82, 2.24) is 5.32 Å². The minimum Gasteiger partial charge on any atom is -0.397 e. The third kappa shape index (κ3) is 3.31. The summed E-state index contributed by atoms with van der Waals surface area (Å²) in [7, 11) is 0. The quantitative estimate of drug-likeness (QED) is 0.793. The van der Waals surface area contributed by atoms with Gasteiger partial charge in [0.2, 0.25) is 0 Å². The van der Waals surface area contributed by atoms with E-state index in [1.54, 1.807) is 6.07 Å². The van der Waals surface area contributed by atoms with Gasteiger partial charge in [-0.25, -0.2) is 0 Å². The van der Waals surface area contributed by atoms with Crippen molar-refractivity contribution in [2.45, 2.75) is 31.4 Å². The Bertz CT molecular complexity index is 635. The van der Waals surface area contributed by atoms with Crippen LogP contribution in [0, 0.1) is 5.92 Å². The molecule has 5 heteroatoms. The second kappa shape index (κ2) is 6.50. The largest absolute Gasteiger partial charge is 0.397 e. The fourth-order valence-corrected chi connectivity index (χ4v) is 3.62. The van der Waals surface area contributed by atoms with Crippen LogP contribution in [0.2, 0.25) is 0 Å². The number of rotatable bonds is 5. The molecule has 0 bridgehead atoms. The Morgan fingerprint density at radius 2 is 2.05 bits per heavy atom. The van der Waals surface area contributed by atoms with Gasteiger partial charge in [0.05, 0.1) is 11.8 Å². The molecule has 1 fully saturated rings. The normalized spacial score (nSPS) is 21.9. The lowest BCUT2D eigenvalue weighted by Gasteiger charge is -2.38. The van der Waals surface area contributed by atoms with Gasteiger partial charge in [0.15, 0.2) is 0 Å². The lowest BCUT2D eigenvalue weighted by atomic mass is 9.75. The average Bonchev–Trinajstić information content (AvgIpc) is 2.91. The summed E-state index contributed by atoms with van der Waals surface area (Å²) in [4.78, 5) is 13.0. The van der Waals surface area contributed by atoms with Crippen LogP contribution < -0.4 is 11.1 Å². The van der Waals surface area contributed by atoms with E-state index in [0.29, 0.717) is 16.5 Å². The van der Waals surface area contributed by atoms with Crippen LogP contribution in [-0.4, -0.2) is 23.2 Å². The van der Waals surface area contributed by atoms with Gasteiger partial charge in [0, 0.05) is 6.04 Å². The number of aliphatic hydroxyl groups is 1. The molecule has 3 rings (SSSR count). The molecule has 4 nitrogen and oxygen atoms in total. The molecule has 0 aliphatic heterocycles. The molecule has 1 saturated carbocycles. The lowest BCUT2D eigenvalue weighted by molar-refractivity contribution is 0.0240. The zero-order valence-corrected chi connectivity index (χ0v) is 13.1. The molecule has 2 aromatic rings. The number of nitrogens with one attached hydrogen (secondary N) is 1. The van der Waals surface area contributed by atoms with Crippen LogP contribution in [0.15, 0.2) is 41.8 Å². The maximum absolute atomic E-state index is 12.4. The number of anilines is 1. The van der Waals surface area contributed by atoms with Crippen LogP contribution in [0.1, 0.15) is 28.1 Å². The zero-order valence-electron chi connectivity index (χ0n) is 12.2. The number of thiophene rings is 1. The van der Waals surface area contributed by atoms with E-state index in [2.05, 4.69) is 17.4 Å². The highest BCUT2D eigenvalue weighted by Gasteiger charge is 2.35. The van der Waals surface area contributed by atoms with Crippen molar-refractivity contribution in [3.8, 4) is 0 Å². The summed E-state index contributed by atoms with van der Waals surface area (Å²) >= 11 is 1.36. The van der Waals surface area contributed by atoms with E-state index in [1.807, 2.05) is 23.6 Å². The maximum Gasteiger partial charge on any atom is 0.263 e. The predicted molar refractivity (Wildman–Crippen MR) is 88.9 cm³/mol. The van der Waals surface area contributed by atoms with Crippen LogP contribution >= 0.6 is 11.3 Å². The SMILES string of the molecule is Nc1ccsc1C(=O)N[C@H](Cc1ccccc1)C1CC(O)C1. The molecule has 1 aliphatic rings. The highest BCUT2D eigenvalue weighted by atomic mass is 32.1. The minimum absolute atomic E-state index is 0.0276. The maximum atomic E-state index is 12.4. The predicted octanol–water partition coefficient (Wildman–Crippen LogP) is 2.44. The van der Waals surface area contributed by atoms with Gasteiger partial charge < -0.3 is 16.2 Å². The van der Waals surface area contributed by atoms with Gasteiger partial charge in [0.1, 0.15) is 4.88 Å². The van der Waals surface area contributed by atoms with Crippen molar-refractivity contribution in [1.29, 1.82) is 0 Å². The number of aliphatic hydroxyl groups excluding tert-OH is 1. The number of benzene rings is 1. The number of hydrogen-bond acceptors (Lipinski definition) is 4. The fourth-order valence-electron chi connectivity index (χ4n) is 2.90. The Hall–Kier alpha value is -1.85. The number of carbonyl (C=O) groups is 1. The average molecular weight is 316 g/mol. The summed E-state index contributed by atoms with van der Waals surface area (Å²) in [5, 5.41) is 14.5. The van der Waals surface area contributed by atoms with Gasteiger partial charge >= 0.3 is 0 Å². The van der Waals surface area contributed by atoms with Gasteiger partial charge in [0.25, 0.3) is 5.91 Å². The monoisotopic (exact) mass is 316 g/mol. The van der Waals surface area contributed by atoms with Gasteiger partial charge in [-0.05, 0) is 42.2 Å². The van der Waals surface area contributed by atoms with E-state index in [4.69, 9.17) is 5.73 Å². The number of hydrogen-bond donors (Lipinski definition) is 3. The van der Waals surface area contributed by atoms with Gasteiger partial charge in [-0.2, -0.15) is 0 Å². The third-order valence-corrected chi connectivity index (χ3v) is 5.16. The second-order valence-electron chi connectivity index (χ2n) is 5.86. The fraction of sp³-hybridized carbons (Fsp3) is 0.353. The Kier molecular flexibility index (Phi) is 4.45. The molecule has 22 heavy (non-hydrogen) atoms. The van der Waals surface area contributed by atoms with Crippen LogP contribution in [-0.2, 0) is 6.42 Å². The second-order valence-corrected chi connectivity index (χ2v) is 6.78. The topological polar surface area (TPSA) is 75.4 Å². The van der Waals surface area contributed by atoms with E-state index < -0.39 is 0 Å². The molecular weight excluding hydrogens is 296 g/mol. The smallest absolute Gasteiger partial charge is 0.263 e. The Morgan fingerprint density at radius 1 is 1.32 bits per heavy atom. The molecule has 1 aromatic heterocycles. The molecule has 1 heterocycles. The van der Waals surface area contributed by atoms with Crippen molar-refractivity contribution in [3.05, 3.63) is 52.2 Å². The summed E-state index contributed by atoms with van der Waals surface area (Å²) in [5.74, 6) is 0.204. The first-order chi connectivity index (χ1) is 10.6. The molecule has 1 aliphatic carbocycles. The van der Waals surface area contributed by atoms with Gasteiger partial charge in [-0.1, -0.05) is 30.3 Å². The van der Waals surface area contributed by atoms with E-state index in [9.17, 15) is 9.90 Å². The summed E-state index contributed by atoms with van der Waals surface area (Å²) < 4.78 is 0. The molecule has 1 aromatic carbocycles. The molecule has 116 valence electrons. The first-order valence-corrected chi connectivity index (χ1v) is 8.37. The van der Waals surface area contributed by atoms with Crippen LogP contribution in [0.4, 0.5) is 5.69 Å². The number of nitrogens with two attached hydrogens (primary N) is 1. The molecule has 0 radical (unpaired) electrons.